The molecule has 0 aliphatic rings. The number of nitrogens with one attached hydrogen (secondary N) is 1. The van der Waals surface area contributed by atoms with Crippen LogP contribution in [0.25, 0.3) is 0 Å². The second-order valence-electron chi connectivity index (χ2n) is 4.43. The Kier molecular flexibility index (Phi) is 4.77. The fourth-order valence-corrected chi connectivity index (χ4v) is 1.89. The maximum atomic E-state index is 13.5. The number of nitrogen functional groups attached to an aromatic ring is 1. The molecule has 0 bridgehead atoms. The Bertz CT molecular complexity index is 644. The quantitative estimate of drug-likeness (QED) is 0.634. The van der Waals surface area contributed by atoms with Crippen LogP contribution in [0, 0.1) is 11.2 Å². The van der Waals surface area contributed by atoms with Crippen LogP contribution in [-0.2, 0) is 6.61 Å². The molecular weight excluding hydrogens is 271 g/mol. The highest BCUT2D eigenvalue weighted by Gasteiger charge is 2.07. The molecule has 0 fully saturated rings. The lowest BCUT2D eigenvalue weighted by atomic mass is 10.1. The van der Waals surface area contributed by atoms with Gasteiger partial charge in [0.15, 0.2) is 11.5 Å². The molecule has 0 saturated carbocycles. The van der Waals surface area contributed by atoms with E-state index < -0.39 is 5.82 Å². The highest BCUT2D eigenvalue weighted by atomic mass is 19.1. The minimum atomic E-state index is -0.445. The Morgan fingerprint density at radius 3 is 2.43 bits per heavy atom. The van der Waals surface area contributed by atoms with Gasteiger partial charge in [-0.25, -0.2) is 4.39 Å². The van der Waals surface area contributed by atoms with E-state index in [9.17, 15) is 4.39 Å². The normalized spacial score (nSPS) is 10.2. The maximum Gasteiger partial charge on any atom is 0.161 e. The molecule has 0 amide bonds. The van der Waals surface area contributed by atoms with E-state index in [1.54, 1.807) is 12.1 Å². The monoisotopic (exact) mass is 288 g/mol. The molecule has 0 atom stereocenters. The van der Waals surface area contributed by atoms with Gasteiger partial charge in [-0.05, 0) is 42.8 Å². The molecule has 0 aromatic heterocycles. The number of nitrogens with two attached hydrogens (primary N) is 1. The first-order chi connectivity index (χ1) is 10.1. The minimum absolute atomic E-state index is 0.169. The van der Waals surface area contributed by atoms with Gasteiger partial charge in [0.2, 0.25) is 0 Å². The molecule has 0 saturated heterocycles. The lowest BCUT2D eigenvalue weighted by molar-refractivity contribution is 0.269. The summed E-state index contributed by atoms with van der Waals surface area (Å²) in [4.78, 5) is 0. The molecule has 2 aromatic carbocycles. The van der Waals surface area contributed by atoms with E-state index in [0.717, 1.165) is 0 Å². The van der Waals surface area contributed by atoms with Crippen molar-refractivity contribution in [3.8, 4) is 11.5 Å². The zero-order valence-corrected chi connectivity index (χ0v) is 11.7. The van der Waals surface area contributed by atoms with E-state index >= 15 is 0 Å². The first-order valence-corrected chi connectivity index (χ1v) is 6.58. The van der Waals surface area contributed by atoms with E-state index in [1.165, 1.54) is 12.1 Å². The van der Waals surface area contributed by atoms with E-state index in [1.807, 2.05) is 25.1 Å². The van der Waals surface area contributed by atoms with Crippen LogP contribution >= 0.6 is 0 Å². The van der Waals surface area contributed by atoms with Gasteiger partial charge in [-0.15, -0.1) is 0 Å². The van der Waals surface area contributed by atoms with Crippen molar-refractivity contribution in [2.75, 3.05) is 6.61 Å². The molecule has 3 N–H and O–H groups in total. The molecule has 110 valence electrons. The summed E-state index contributed by atoms with van der Waals surface area (Å²) >= 11 is 0. The summed E-state index contributed by atoms with van der Waals surface area (Å²) in [6.07, 6.45) is 0. The smallest absolute Gasteiger partial charge is 0.161 e. The van der Waals surface area contributed by atoms with Crippen molar-refractivity contribution in [2.45, 2.75) is 13.5 Å². The van der Waals surface area contributed by atoms with Gasteiger partial charge < -0.3 is 15.2 Å². The maximum absolute atomic E-state index is 13.5. The number of para-hydroxylation sites is 2. The summed E-state index contributed by atoms with van der Waals surface area (Å²) in [6.45, 7) is 2.60. The fraction of sp³-hybridized carbons (Fsp3) is 0.188. The molecule has 0 unspecified atom stereocenters. The number of benzene rings is 2. The average molecular weight is 288 g/mol. The average Bonchev–Trinajstić information content (AvgIpc) is 2.46. The SMILES string of the molecule is CCOc1ccccc1OCc1cc(F)cc(C(=N)N)c1. The summed E-state index contributed by atoms with van der Waals surface area (Å²) in [7, 11) is 0. The minimum Gasteiger partial charge on any atom is -0.490 e. The number of amidine groups is 1. The summed E-state index contributed by atoms with van der Waals surface area (Å²) < 4.78 is 24.6. The predicted molar refractivity (Wildman–Crippen MR) is 79.4 cm³/mol. The summed E-state index contributed by atoms with van der Waals surface area (Å²) in [5, 5.41) is 7.36. The van der Waals surface area contributed by atoms with Gasteiger partial charge in [0, 0.05) is 5.56 Å². The third-order valence-electron chi connectivity index (χ3n) is 2.81. The molecule has 4 nitrogen and oxygen atoms in total. The molecule has 21 heavy (non-hydrogen) atoms. The zero-order chi connectivity index (χ0) is 15.2. The Labute approximate surface area is 122 Å². The van der Waals surface area contributed by atoms with Crippen molar-refractivity contribution < 1.29 is 13.9 Å². The lowest BCUT2D eigenvalue weighted by Gasteiger charge is -2.12. The first kappa shape index (κ1) is 14.8. The highest BCUT2D eigenvalue weighted by molar-refractivity contribution is 5.95. The van der Waals surface area contributed by atoms with E-state index in [4.69, 9.17) is 20.6 Å². The summed E-state index contributed by atoms with van der Waals surface area (Å²) in [6, 6.07) is 11.5. The van der Waals surface area contributed by atoms with Crippen LogP contribution in [0.3, 0.4) is 0 Å². The van der Waals surface area contributed by atoms with E-state index in [0.29, 0.717) is 29.2 Å². The number of hydrogen-bond donors (Lipinski definition) is 2. The number of rotatable bonds is 6. The molecule has 2 aromatic rings. The number of halogens is 1. The Balaban J connectivity index is 2.15. The molecular formula is C16H17FN2O2. The van der Waals surface area contributed by atoms with Gasteiger partial charge in [-0.3, -0.25) is 5.41 Å². The fourth-order valence-electron chi connectivity index (χ4n) is 1.89. The van der Waals surface area contributed by atoms with Gasteiger partial charge in [-0.2, -0.15) is 0 Å². The van der Waals surface area contributed by atoms with Crippen LogP contribution in [0.1, 0.15) is 18.1 Å². The van der Waals surface area contributed by atoms with Crippen molar-refractivity contribution in [1.29, 1.82) is 5.41 Å². The van der Waals surface area contributed by atoms with Crippen LogP contribution in [0.5, 0.6) is 11.5 Å². The van der Waals surface area contributed by atoms with E-state index in [2.05, 4.69) is 0 Å². The Morgan fingerprint density at radius 1 is 1.14 bits per heavy atom. The first-order valence-electron chi connectivity index (χ1n) is 6.58. The second-order valence-corrected chi connectivity index (χ2v) is 4.43. The van der Waals surface area contributed by atoms with Crippen molar-refractivity contribution in [2.24, 2.45) is 5.73 Å². The third kappa shape index (κ3) is 3.95. The van der Waals surface area contributed by atoms with Crippen molar-refractivity contribution in [1.82, 2.24) is 0 Å². The summed E-state index contributed by atoms with van der Waals surface area (Å²) in [5.41, 5.74) is 6.32. The van der Waals surface area contributed by atoms with Gasteiger partial charge in [0.25, 0.3) is 0 Å². The number of ether oxygens (including phenoxy) is 2. The van der Waals surface area contributed by atoms with Crippen molar-refractivity contribution >= 4 is 5.84 Å². The standard InChI is InChI=1S/C16H17FN2O2/c1-2-20-14-5-3-4-6-15(14)21-10-11-7-12(16(18)19)9-13(17)8-11/h3-9H,2,10H2,1H3,(H3,18,19). The second kappa shape index (κ2) is 6.74. The van der Waals surface area contributed by atoms with Gasteiger partial charge >= 0.3 is 0 Å². The Hall–Kier alpha value is -2.56. The van der Waals surface area contributed by atoms with Gasteiger partial charge in [0.1, 0.15) is 18.3 Å². The van der Waals surface area contributed by atoms with Crippen LogP contribution in [0.15, 0.2) is 42.5 Å². The van der Waals surface area contributed by atoms with Gasteiger partial charge in [-0.1, -0.05) is 12.1 Å². The largest absolute Gasteiger partial charge is 0.490 e. The van der Waals surface area contributed by atoms with Gasteiger partial charge in [0.05, 0.1) is 6.61 Å². The topological polar surface area (TPSA) is 68.3 Å². The molecule has 0 radical (unpaired) electrons. The van der Waals surface area contributed by atoms with Crippen LogP contribution in [0.2, 0.25) is 0 Å². The van der Waals surface area contributed by atoms with Crippen LogP contribution in [-0.4, -0.2) is 12.4 Å². The predicted octanol–water partition coefficient (Wildman–Crippen LogP) is 3.09. The summed E-state index contributed by atoms with van der Waals surface area (Å²) in [5.74, 6) is 0.612. The highest BCUT2D eigenvalue weighted by Crippen LogP contribution is 2.27. The van der Waals surface area contributed by atoms with Crippen molar-refractivity contribution in [3.05, 3.63) is 59.4 Å². The molecule has 0 spiro atoms. The van der Waals surface area contributed by atoms with Crippen LogP contribution < -0.4 is 15.2 Å². The van der Waals surface area contributed by atoms with Crippen LogP contribution in [0.4, 0.5) is 4.39 Å². The lowest BCUT2D eigenvalue weighted by Crippen LogP contribution is -2.12. The Morgan fingerprint density at radius 2 is 1.81 bits per heavy atom. The molecule has 5 heteroatoms. The molecule has 0 heterocycles. The molecule has 0 aliphatic heterocycles. The van der Waals surface area contributed by atoms with Crippen molar-refractivity contribution in [3.63, 3.8) is 0 Å². The number of hydrogen-bond acceptors (Lipinski definition) is 3. The molecule has 0 aliphatic carbocycles. The van der Waals surface area contributed by atoms with E-state index in [-0.39, 0.29) is 12.4 Å². The third-order valence-corrected chi connectivity index (χ3v) is 2.81. The molecule has 2 rings (SSSR count). The zero-order valence-electron chi connectivity index (χ0n) is 11.7.